The van der Waals surface area contributed by atoms with Crippen LogP contribution in [0, 0.1) is 13.8 Å². The third-order valence-corrected chi connectivity index (χ3v) is 0.933. The van der Waals surface area contributed by atoms with E-state index in [9.17, 15) is 0 Å². The van der Waals surface area contributed by atoms with Gasteiger partial charge in [-0.25, -0.2) is 0 Å². The second-order valence-corrected chi connectivity index (χ2v) is 2.34. The molecule has 9 heavy (non-hydrogen) atoms. The van der Waals surface area contributed by atoms with Gasteiger partial charge in [-0.2, -0.15) is 0 Å². The fourth-order valence-corrected chi connectivity index (χ4v) is 0.461. The molecule has 0 atom stereocenters. The van der Waals surface area contributed by atoms with Crippen LogP contribution >= 0.6 is 0 Å². The van der Waals surface area contributed by atoms with Crippen molar-refractivity contribution in [1.29, 1.82) is 0 Å². The molecule has 0 saturated carbocycles. The SMILES string of the molecule is [CH2]C(C)=CCC=C([CH2])C. The summed E-state index contributed by atoms with van der Waals surface area (Å²) in [5, 5.41) is 0. The Hall–Kier alpha value is -0.520. The van der Waals surface area contributed by atoms with Gasteiger partial charge in [0, 0.05) is 0 Å². The largest absolute Gasteiger partial charge is 0.0818 e. The molecule has 0 aliphatic heterocycles. The summed E-state index contributed by atoms with van der Waals surface area (Å²) in [7, 11) is 0. The van der Waals surface area contributed by atoms with Gasteiger partial charge < -0.3 is 0 Å². The Labute approximate surface area is 58.3 Å². The molecule has 0 amide bonds. The lowest BCUT2D eigenvalue weighted by molar-refractivity contribution is 1.29. The molecule has 0 bridgehead atoms. The third kappa shape index (κ3) is 7.48. The molecular formula is C9H14. The highest BCUT2D eigenvalue weighted by molar-refractivity contribution is 5.08. The van der Waals surface area contributed by atoms with Crippen LogP contribution < -0.4 is 0 Å². The van der Waals surface area contributed by atoms with Gasteiger partial charge in [0.1, 0.15) is 0 Å². The molecule has 2 radical (unpaired) electrons. The van der Waals surface area contributed by atoms with Crippen LogP contribution in [0.15, 0.2) is 23.3 Å². The zero-order chi connectivity index (χ0) is 7.28. The molecule has 0 heterocycles. The van der Waals surface area contributed by atoms with Gasteiger partial charge in [-0.1, -0.05) is 23.3 Å². The van der Waals surface area contributed by atoms with E-state index in [4.69, 9.17) is 0 Å². The van der Waals surface area contributed by atoms with E-state index in [-0.39, 0.29) is 0 Å². The van der Waals surface area contributed by atoms with E-state index in [2.05, 4.69) is 26.0 Å². The predicted molar refractivity (Wildman–Crippen MR) is 42.8 cm³/mol. The Morgan fingerprint density at radius 1 is 1.11 bits per heavy atom. The van der Waals surface area contributed by atoms with Crippen LogP contribution in [-0.4, -0.2) is 0 Å². The van der Waals surface area contributed by atoms with Gasteiger partial charge in [-0.15, -0.1) is 0 Å². The lowest BCUT2D eigenvalue weighted by atomic mass is 10.2. The van der Waals surface area contributed by atoms with Gasteiger partial charge in [-0.3, -0.25) is 0 Å². The summed E-state index contributed by atoms with van der Waals surface area (Å²) in [6, 6.07) is 0. The van der Waals surface area contributed by atoms with Gasteiger partial charge in [0.2, 0.25) is 0 Å². The highest BCUT2D eigenvalue weighted by Gasteiger charge is 1.76. The maximum atomic E-state index is 3.75. The van der Waals surface area contributed by atoms with Crippen LogP contribution in [0.1, 0.15) is 20.3 Å². The van der Waals surface area contributed by atoms with E-state index < -0.39 is 0 Å². The molecule has 50 valence electrons. The summed E-state index contributed by atoms with van der Waals surface area (Å²) in [4.78, 5) is 0. The quantitative estimate of drug-likeness (QED) is 0.528. The Morgan fingerprint density at radius 2 is 1.44 bits per heavy atom. The van der Waals surface area contributed by atoms with Crippen molar-refractivity contribution in [3.8, 4) is 0 Å². The number of hydrogen-bond acceptors (Lipinski definition) is 0. The van der Waals surface area contributed by atoms with Gasteiger partial charge in [0.05, 0.1) is 0 Å². The van der Waals surface area contributed by atoms with Crippen molar-refractivity contribution in [2.45, 2.75) is 20.3 Å². The summed E-state index contributed by atoms with van der Waals surface area (Å²) in [5.41, 5.74) is 2.24. The van der Waals surface area contributed by atoms with E-state index >= 15 is 0 Å². The second-order valence-electron chi connectivity index (χ2n) is 2.34. The first kappa shape index (κ1) is 8.48. The van der Waals surface area contributed by atoms with Crippen molar-refractivity contribution in [3.05, 3.63) is 37.1 Å². The molecule has 0 spiro atoms. The molecule has 0 aliphatic rings. The standard InChI is InChI=1S/C9H14/c1-8(2)6-5-7-9(3)4/h6-7H,1,3,5H2,2,4H3. The second kappa shape index (κ2) is 4.37. The molecule has 0 aliphatic carbocycles. The maximum absolute atomic E-state index is 3.75. The zero-order valence-electron chi connectivity index (χ0n) is 6.28. The molecule has 0 aromatic rings. The van der Waals surface area contributed by atoms with Crippen LogP contribution in [0.3, 0.4) is 0 Å². The van der Waals surface area contributed by atoms with Crippen LogP contribution in [0.5, 0.6) is 0 Å². The Bertz CT molecular complexity index is 103. The molecule has 0 aromatic carbocycles. The summed E-state index contributed by atoms with van der Waals surface area (Å²) < 4.78 is 0. The summed E-state index contributed by atoms with van der Waals surface area (Å²) in [6.45, 7) is 11.5. The normalized spacial score (nSPS) is 14.2. The predicted octanol–water partition coefficient (Wildman–Crippen LogP) is 2.94. The molecule has 0 rings (SSSR count). The summed E-state index contributed by atoms with van der Waals surface area (Å²) in [5.74, 6) is 0. The minimum Gasteiger partial charge on any atom is -0.0818 e. The van der Waals surface area contributed by atoms with Crippen molar-refractivity contribution in [2.24, 2.45) is 0 Å². The van der Waals surface area contributed by atoms with Crippen LogP contribution in [0.4, 0.5) is 0 Å². The minimum atomic E-state index is 0.963. The molecule has 0 fully saturated rings. The lowest BCUT2D eigenvalue weighted by Gasteiger charge is -1.87. The van der Waals surface area contributed by atoms with Crippen molar-refractivity contribution >= 4 is 0 Å². The van der Waals surface area contributed by atoms with E-state index in [0.29, 0.717) is 0 Å². The van der Waals surface area contributed by atoms with Crippen LogP contribution in [0.2, 0.25) is 0 Å². The molecule has 0 nitrogen and oxygen atoms in total. The van der Waals surface area contributed by atoms with Crippen molar-refractivity contribution in [3.63, 3.8) is 0 Å². The van der Waals surface area contributed by atoms with E-state index in [0.717, 1.165) is 17.6 Å². The Balaban J connectivity index is 3.53. The molecule has 0 heteroatoms. The van der Waals surface area contributed by atoms with E-state index in [1.165, 1.54) is 0 Å². The van der Waals surface area contributed by atoms with Crippen LogP contribution in [-0.2, 0) is 0 Å². The van der Waals surface area contributed by atoms with E-state index in [1.807, 2.05) is 13.8 Å². The first-order valence-electron chi connectivity index (χ1n) is 3.10. The molecule has 0 unspecified atom stereocenters. The Kier molecular flexibility index (Phi) is 4.12. The van der Waals surface area contributed by atoms with Gasteiger partial charge >= 0.3 is 0 Å². The minimum absolute atomic E-state index is 0.963. The van der Waals surface area contributed by atoms with Crippen molar-refractivity contribution < 1.29 is 0 Å². The summed E-state index contributed by atoms with van der Waals surface area (Å²) in [6.07, 6.45) is 5.12. The van der Waals surface area contributed by atoms with Gasteiger partial charge in [-0.05, 0) is 34.1 Å². The summed E-state index contributed by atoms with van der Waals surface area (Å²) >= 11 is 0. The van der Waals surface area contributed by atoms with Gasteiger partial charge in [0.15, 0.2) is 0 Å². The highest BCUT2D eigenvalue weighted by Crippen LogP contribution is 1.96. The average Bonchev–Trinajstić information content (AvgIpc) is 1.63. The monoisotopic (exact) mass is 122 g/mol. The molecular weight excluding hydrogens is 108 g/mol. The first-order valence-corrected chi connectivity index (χ1v) is 3.10. The van der Waals surface area contributed by atoms with Crippen molar-refractivity contribution in [2.75, 3.05) is 0 Å². The topological polar surface area (TPSA) is 0 Å². The van der Waals surface area contributed by atoms with Crippen LogP contribution in [0.25, 0.3) is 0 Å². The number of allylic oxidation sites excluding steroid dienone is 4. The van der Waals surface area contributed by atoms with E-state index in [1.54, 1.807) is 0 Å². The third-order valence-electron chi connectivity index (χ3n) is 0.933. The first-order chi connectivity index (χ1) is 4.13. The fourth-order valence-electron chi connectivity index (χ4n) is 0.461. The lowest BCUT2D eigenvalue weighted by Crippen LogP contribution is -1.67. The number of hydrogen-bond donors (Lipinski definition) is 0. The zero-order valence-corrected chi connectivity index (χ0v) is 6.28. The highest BCUT2D eigenvalue weighted by atomic mass is 13.8. The molecule has 0 N–H and O–H groups in total. The fraction of sp³-hybridized carbons (Fsp3) is 0.333. The van der Waals surface area contributed by atoms with Gasteiger partial charge in [0.25, 0.3) is 0 Å². The molecule has 0 aromatic heterocycles. The Morgan fingerprint density at radius 3 is 1.67 bits per heavy atom. The van der Waals surface area contributed by atoms with Crippen molar-refractivity contribution in [1.82, 2.24) is 0 Å². The average molecular weight is 122 g/mol. The smallest absolute Gasteiger partial charge is 0.0164 e. The number of rotatable bonds is 2. The molecule has 0 saturated heterocycles. The maximum Gasteiger partial charge on any atom is -0.0164 e.